The maximum absolute atomic E-state index is 11.7. The van der Waals surface area contributed by atoms with Crippen LogP contribution < -0.4 is 5.32 Å². The van der Waals surface area contributed by atoms with E-state index in [1.165, 1.54) is 11.8 Å². The number of aromatic nitrogens is 2. The van der Waals surface area contributed by atoms with E-state index in [9.17, 15) is 4.79 Å². The number of carbonyl (C=O) groups is 1. The summed E-state index contributed by atoms with van der Waals surface area (Å²) in [4.78, 5) is 19.3. The van der Waals surface area contributed by atoms with Crippen molar-refractivity contribution in [3.63, 3.8) is 0 Å². The van der Waals surface area contributed by atoms with Gasteiger partial charge < -0.3 is 15.0 Å². The van der Waals surface area contributed by atoms with Gasteiger partial charge in [0.15, 0.2) is 5.16 Å². The molecule has 0 aliphatic rings. The van der Waals surface area contributed by atoms with Gasteiger partial charge in [-0.1, -0.05) is 23.9 Å². The number of H-pyrrole nitrogens is 1. The molecule has 1 amide bonds. The summed E-state index contributed by atoms with van der Waals surface area (Å²) in [5.74, 6) is 0.384. The second kappa shape index (κ2) is 8.05. The minimum atomic E-state index is 0.0185. The van der Waals surface area contributed by atoms with Crippen LogP contribution in [0.1, 0.15) is 20.3 Å². The molecule has 0 aliphatic heterocycles. The second-order valence-corrected chi connectivity index (χ2v) is 5.93. The van der Waals surface area contributed by atoms with Crippen molar-refractivity contribution < 1.29 is 9.53 Å². The highest BCUT2D eigenvalue weighted by molar-refractivity contribution is 7.99. The first-order valence-electron chi connectivity index (χ1n) is 7.11. The highest BCUT2D eigenvalue weighted by Crippen LogP contribution is 2.18. The number of aromatic amines is 1. The zero-order valence-electron chi connectivity index (χ0n) is 12.4. The number of benzene rings is 1. The van der Waals surface area contributed by atoms with Crippen LogP contribution in [0.3, 0.4) is 0 Å². The van der Waals surface area contributed by atoms with Gasteiger partial charge in [-0.2, -0.15) is 0 Å². The molecule has 5 nitrogen and oxygen atoms in total. The fourth-order valence-corrected chi connectivity index (χ4v) is 2.52. The van der Waals surface area contributed by atoms with Gasteiger partial charge >= 0.3 is 0 Å². The number of nitrogens with zero attached hydrogens (tertiary/aromatic N) is 1. The van der Waals surface area contributed by atoms with Crippen molar-refractivity contribution in [2.24, 2.45) is 0 Å². The van der Waals surface area contributed by atoms with Crippen LogP contribution in [0.4, 0.5) is 0 Å². The normalized spacial score (nSPS) is 11.2. The summed E-state index contributed by atoms with van der Waals surface area (Å²) in [5, 5.41) is 3.65. The molecule has 0 saturated carbocycles. The summed E-state index contributed by atoms with van der Waals surface area (Å²) >= 11 is 1.41. The Bertz CT molecular complexity index is 550. The Morgan fingerprint density at radius 2 is 2.24 bits per heavy atom. The number of hydrogen-bond acceptors (Lipinski definition) is 4. The van der Waals surface area contributed by atoms with Gasteiger partial charge in [-0.05, 0) is 32.4 Å². The summed E-state index contributed by atoms with van der Waals surface area (Å²) in [7, 11) is 0. The number of thioether (sulfide) groups is 1. The predicted octanol–water partition coefficient (Wildman–Crippen LogP) is 2.59. The summed E-state index contributed by atoms with van der Waals surface area (Å²) in [6.45, 7) is 5.33. The van der Waals surface area contributed by atoms with Gasteiger partial charge in [0.1, 0.15) is 0 Å². The number of nitrogens with one attached hydrogen (secondary N) is 2. The number of carbonyl (C=O) groups excluding carboxylic acids is 1. The average molecular weight is 307 g/mol. The third-order valence-electron chi connectivity index (χ3n) is 2.80. The molecule has 6 heteroatoms. The topological polar surface area (TPSA) is 67.0 Å². The zero-order valence-corrected chi connectivity index (χ0v) is 13.2. The summed E-state index contributed by atoms with van der Waals surface area (Å²) in [6.07, 6.45) is 1.07. The molecular formula is C15H21N3O2S. The van der Waals surface area contributed by atoms with E-state index >= 15 is 0 Å². The molecule has 1 aromatic carbocycles. The fraction of sp³-hybridized carbons (Fsp3) is 0.467. The van der Waals surface area contributed by atoms with Gasteiger partial charge in [0, 0.05) is 13.2 Å². The molecule has 2 rings (SSSR count). The minimum absolute atomic E-state index is 0.0185. The van der Waals surface area contributed by atoms with Crippen LogP contribution in [-0.4, -0.2) is 40.9 Å². The largest absolute Gasteiger partial charge is 0.379 e. The van der Waals surface area contributed by atoms with Crippen molar-refractivity contribution in [2.45, 2.75) is 31.5 Å². The van der Waals surface area contributed by atoms with Crippen LogP contribution >= 0.6 is 11.8 Å². The number of fused-ring (bicyclic) bond motifs is 1. The molecule has 0 spiro atoms. The Morgan fingerprint density at radius 1 is 1.43 bits per heavy atom. The smallest absolute Gasteiger partial charge is 0.230 e. The van der Waals surface area contributed by atoms with E-state index in [-0.39, 0.29) is 12.0 Å². The van der Waals surface area contributed by atoms with Crippen LogP contribution in [-0.2, 0) is 9.53 Å². The number of amides is 1. The molecule has 2 aromatic rings. The quantitative estimate of drug-likeness (QED) is 0.581. The highest BCUT2D eigenvalue weighted by Gasteiger charge is 2.06. The van der Waals surface area contributed by atoms with Crippen molar-refractivity contribution in [1.29, 1.82) is 0 Å². The first-order chi connectivity index (χ1) is 10.1. The van der Waals surface area contributed by atoms with Gasteiger partial charge in [0.05, 0.1) is 22.9 Å². The van der Waals surface area contributed by atoms with Crippen LogP contribution in [0.5, 0.6) is 0 Å². The number of para-hydroxylation sites is 2. The van der Waals surface area contributed by atoms with E-state index in [4.69, 9.17) is 4.74 Å². The lowest BCUT2D eigenvalue weighted by Gasteiger charge is -2.07. The monoisotopic (exact) mass is 307 g/mol. The lowest BCUT2D eigenvalue weighted by molar-refractivity contribution is -0.118. The number of hydrogen-bond donors (Lipinski definition) is 2. The summed E-state index contributed by atoms with van der Waals surface area (Å²) in [5.41, 5.74) is 1.91. The van der Waals surface area contributed by atoms with E-state index in [2.05, 4.69) is 15.3 Å². The molecule has 0 atom stereocenters. The van der Waals surface area contributed by atoms with Gasteiger partial charge in [-0.3, -0.25) is 4.79 Å². The maximum atomic E-state index is 11.7. The molecule has 0 bridgehead atoms. The molecule has 0 aliphatic carbocycles. The lowest BCUT2D eigenvalue weighted by atomic mass is 10.3. The summed E-state index contributed by atoms with van der Waals surface area (Å²) in [6, 6.07) is 7.83. The first kappa shape index (κ1) is 15.9. The predicted molar refractivity (Wildman–Crippen MR) is 85.5 cm³/mol. The Hall–Kier alpha value is -1.53. The second-order valence-electron chi connectivity index (χ2n) is 4.97. The molecule has 1 aromatic heterocycles. The molecule has 0 fully saturated rings. The van der Waals surface area contributed by atoms with Crippen LogP contribution in [0.15, 0.2) is 29.4 Å². The first-order valence-corrected chi connectivity index (χ1v) is 8.09. The Morgan fingerprint density at radius 3 is 3.00 bits per heavy atom. The van der Waals surface area contributed by atoms with Crippen molar-refractivity contribution in [3.8, 4) is 0 Å². The zero-order chi connectivity index (χ0) is 15.1. The Kier molecular flexibility index (Phi) is 6.07. The molecular weight excluding hydrogens is 286 g/mol. The van der Waals surface area contributed by atoms with Gasteiger partial charge in [0.2, 0.25) is 5.91 Å². The van der Waals surface area contributed by atoms with E-state index in [0.717, 1.165) is 22.6 Å². The third-order valence-corrected chi connectivity index (χ3v) is 3.68. The van der Waals surface area contributed by atoms with Gasteiger partial charge in [-0.15, -0.1) is 0 Å². The van der Waals surface area contributed by atoms with Crippen molar-refractivity contribution in [2.75, 3.05) is 18.9 Å². The average Bonchev–Trinajstić information content (AvgIpc) is 2.87. The van der Waals surface area contributed by atoms with Crippen molar-refractivity contribution in [1.82, 2.24) is 15.3 Å². The molecule has 2 N–H and O–H groups in total. The van der Waals surface area contributed by atoms with Crippen molar-refractivity contribution in [3.05, 3.63) is 24.3 Å². The molecule has 0 unspecified atom stereocenters. The molecule has 0 saturated heterocycles. The van der Waals surface area contributed by atoms with Crippen molar-refractivity contribution >= 4 is 28.7 Å². The number of rotatable bonds is 8. The Balaban J connectivity index is 1.66. The molecule has 0 radical (unpaired) electrons. The van der Waals surface area contributed by atoms with E-state index in [1.807, 2.05) is 38.1 Å². The van der Waals surface area contributed by atoms with Crippen LogP contribution in [0.2, 0.25) is 0 Å². The molecule has 21 heavy (non-hydrogen) atoms. The molecule has 1 heterocycles. The highest BCUT2D eigenvalue weighted by atomic mass is 32.2. The number of imidazole rings is 1. The maximum Gasteiger partial charge on any atom is 0.230 e. The summed E-state index contributed by atoms with van der Waals surface area (Å²) < 4.78 is 5.42. The molecule has 114 valence electrons. The Labute approximate surface area is 128 Å². The van der Waals surface area contributed by atoms with Crippen LogP contribution in [0.25, 0.3) is 11.0 Å². The fourth-order valence-electron chi connectivity index (χ4n) is 1.80. The standard InChI is InChI=1S/C15H21N3O2S/c1-11(2)20-9-5-8-16-14(19)10-21-15-17-12-6-3-4-7-13(12)18-15/h3-4,6-7,11H,5,8-10H2,1-2H3,(H,16,19)(H,17,18). The van der Waals surface area contributed by atoms with E-state index in [0.29, 0.717) is 18.9 Å². The number of ether oxygens (including phenoxy) is 1. The van der Waals surface area contributed by atoms with Crippen LogP contribution in [0, 0.1) is 0 Å². The van der Waals surface area contributed by atoms with E-state index in [1.54, 1.807) is 0 Å². The van der Waals surface area contributed by atoms with Gasteiger partial charge in [-0.25, -0.2) is 4.98 Å². The van der Waals surface area contributed by atoms with Gasteiger partial charge in [0.25, 0.3) is 0 Å². The van der Waals surface area contributed by atoms with E-state index < -0.39 is 0 Å². The lowest BCUT2D eigenvalue weighted by Crippen LogP contribution is -2.27. The minimum Gasteiger partial charge on any atom is -0.379 e. The third kappa shape index (κ3) is 5.40. The SMILES string of the molecule is CC(C)OCCCNC(=O)CSc1nc2ccccc2[nH]1.